The summed E-state index contributed by atoms with van der Waals surface area (Å²) < 4.78 is 4.98. The normalized spacial score (nSPS) is 18.9. The summed E-state index contributed by atoms with van der Waals surface area (Å²) >= 11 is 0. The van der Waals surface area contributed by atoms with Crippen LogP contribution in [-0.2, 0) is 9.53 Å². The highest BCUT2D eigenvalue weighted by atomic mass is 16.5. The lowest BCUT2D eigenvalue weighted by atomic mass is 10.0. The van der Waals surface area contributed by atoms with Gasteiger partial charge in [0, 0.05) is 26.3 Å². The lowest BCUT2D eigenvalue weighted by molar-refractivity contribution is -0.122. The fraction of sp³-hybridized carbons (Fsp3) is 0.588. The van der Waals surface area contributed by atoms with Crippen molar-refractivity contribution in [1.29, 1.82) is 0 Å². The molecular formula is C17H26N2O2. The first kappa shape index (κ1) is 16.0. The third kappa shape index (κ3) is 4.83. The number of rotatable bonds is 7. The number of benzene rings is 1. The molecule has 21 heavy (non-hydrogen) atoms. The van der Waals surface area contributed by atoms with Gasteiger partial charge in [-0.3, -0.25) is 9.69 Å². The van der Waals surface area contributed by atoms with E-state index in [0.717, 1.165) is 25.8 Å². The smallest absolute Gasteiger partial charge is 0.234 e. The maximum atomic E-state index is 12.0. The summed E-state index contributed by atoms with van der Waals surface area (Å²) in [5.74, 6) is 0.116. The number of hydrogen-bond donors (Lipinski definition) is 1. The maximum absolute atomic E-state index is 12.0. The van der Waals surface area contributed by atoms with Crippen LogP contribution in [0.3, 0.4) is 0 Å². The topological polar surface area (TPSA) is 41.6 Å². The number of amides is 1. The Kier molecular flexibility index (Phi) is 6.21. The van der Waals surface area contributed by atoms with Crippen molar-refractivity contribution in [2.45, 2.75) is 32.2 Å². The molecule has 0 aromatic heterocycles. The van der Waals surface area contributed by atoms with Gasteiger partial charge in [-0.25, -0.2) is 0 Å². The standard InChI is InChI=1S/C17H26N2O2/c1-14-6-8-15(9-7-14)16-5-3-11-19(16)13-17(20)18-10-4-12-21-2/h6-9,16H,3-5,10-13H2,1-2H3,(H,18,20)/t16-/m1/s1. The summed E-state index contributed by atoms with van der Waals surface area (Å²) in [7, 11) is 1.68. The quantitative estimate of drug-likeness (QED) is 0.783. The van der Waals surface area contributed by atoms with Crippen molar-refractivity contribution in [3.05, 3.63) is 35.4 Å². The number of carbonyl (C=O) groups excluding carboxylic acids is 1. The molecule has 1 heterocycles. The third-order valence-electron chi connectivity index (χ3n) is 4.02. The van der Waals surface area contributed by atoms with E-state index in [1.807, 2.05) is 0 Å². The monoisotopic (exact) mass is 290 g/mol. The van der Waals surface area contributed by atoms with Crippen LogP contribution in [0.15, 0.2) is 24.3 Å². The van der Waals surface area contributed by atoms with Crippen molar-refractivity contribution in [3.8, 4) is 0 Å². The SMILES string of the molecule is COCCCNC(=O)CN1CCC[C@@H]1c1ccc(C)cc1. The molecule has 4 nitrogen and oxygen atoms in total. The van der Waals surface area contributed by atoms with Gasteiger partial charge in [-0.15, -0.1) is 0 Å². The molecule has 1 aliphatic rings. The number of aryl methyl sites for hydroxylation is 1. The molecule has 4 heteroatoms. The van der Waals surface area contributed by atoms with Crippen LogP contribution < -0.4 is 5.32 Å². The van der Waals surface area contributed by atoms with Crippen LogP contribution in [0, 0.1) is 6.92 Å². The predicted octanol–water partition coefficient (Wildman–Crippen LogP) is 2.28. The molecule has 0 aliphatic carbocycles. The van der Waals surface area contributed by atoms with Crippen molar-refractivity contribution in [2.75, 3.05) is 33.4 Å². The molecule has 1 aliphatic heterocycles. The first-order valence-electron chi connectivity index (χ1n) is 7.77. The first-order valence-corrected chi connectivity index (χ1v) is 7.77. The Bertz CT molecular complexity index is 445. The molecule has 0 bridgehead atoms. The summed E-state index contributed by atoms with van der Waals surface area (Å²) in [5.41, 5.74) is 2.60. The van der Waals surface area contributed by atoms with Crippen molar-refractivity contribution in [3.63, 3.8) is 0 Å². The fourth-order valence-corrected chi connectivity index (χ4v) is 2.87. The van der Waals surface area contributed by atoms with Gasteiger partial charge in [0.1, 0.15) is 0 Å². The molecule has 1 saturated heterocycles. The Morgan fingerprint density at radius 1 is 1.38 bits per heavy atom. The zero-order valence-corrected chi connectivity index (χ0v) is 13.1. The van der Waals surface area contributed by atoms with E-state index in [-0.39, 0.29) is 5.91 Å². The number of nitrogens with one attached hydrogen (secondary N) is 1. The van der Waals surface area contributed by atoms with Crippen LogP contribution in [0.1, 0.15) is 36.4 Å². The summed E-state index contributed by atoms with van der Waals surface area (Å²) in [4.78, 5) is 14.3. The van der Waals surface area contributed by atoms with Crippen molar-refractivity contribution >= 4 is 5.91 Å². The number of hydrogen-bond acceptors (Lipinski definition) is 3. The van der Waals surface area contributed by atoms with E-state index in [4.69, 9.17) is 4.74 Å². The fourth-order valence-electron chi connectivity index (χ4n) is 2.87. The number of carbonyl (C=O) groups is 1. The van der Waals surface area contributed by atoms with E-state index >= 15 is 0 Å². The van der Waals surface area contributed by atoms with Gasteiger partial charge >= 0.3 is 0 Å². The Morgan fingerprint density at radius 2 is 2.14 bits per heavy atom. The number of methoxy groups -OCH3 is 1. The second-order valence-corrected chi connectivity index (χ2v) is 5.74. The van der Waals surface area contributed by atoms with Crippen molar-refractivity contribution < 1.29 is 9.53 Å². The summed E-state index contributed by atoms with van der Waals surface area (Å²) in [5, 5.41) is 2.96. The molecule has 1 N–H and O–H groups in total. The number of ether oxygens (including phenoxy) is 1. The van der Waals surface area contributed by atoms with Crippen LogP contribution >= 0.6 is 0 Å². The lowest BCUT2D eigenvalue weighted by Gasteiger charge is -2.24. The molecular weight excluding hydrogens is 264 g/mol. The highest BCUT2D eigenvalue weighted by Crippen LogP contribution is 2.31. The molecule has 2 rings (SSSR count). The summed E-state index contributed by atoms with van der Waals surface area (Å²) in [6, 6.07) is 9.06. The largest absolute Gasteiger partial charge is 0.385 e. The van der Waals surface area contributed by atoms with Gasteiger partial charge in [0.15, 0.2) is 0 Å². The molecule has 1 aromatic carbocycles. The van der Waals surface area contributed by atoms with E-state index in [2.05, 4.69) is 41.4 Å². The average Bonchev–Trinajstić information content (AvgIpc) is 2.92. The summed E-state index contributed by atoms with van der Waals surface area (Å²) in [6.07, 6.45) is 3.17. The van der Waals surface area contributed by atoms with Gasteiger partial charge in [0.2, 0.25) is 5.91 Å². The van der Waals surface area contributed by atoms with Crippen LogP contribution in [0.4, 0.5) is 0 Å². The zero-order chi connectivity index (χ0) is 15.1. The number of nitrogens with zero attached hydrogens (tertiary/aromatic N) is 1. The van der Waals surface area contributed by atoms with Gasteiger partial charge in [-0.2, -0.15) is 0 Å². The lowest BCUT2D eigenvalue weighted by Crippen LogP contribution is -2.37. The molecule has 1 atom stereocenters. The molecule has 0 unspecified atom stereocenters. The van der Waals surface area contributed by atoms with E-state index in [1.54, 1.807) is 7.11 Å². The van der Waals surface area contributed by atoms with Gasteiger partial charge < -0.3 is 10.1 Å². The highest BCUT2D eigenvalue weighted by Gasteiger charge is 2.27. The minimum absolute atomic E-state index is 0.116. The second-order valence-electron chi connectivity index (χ2n) is 5.74. The average molecular weight is 290 g/mol. The zero-order valence-electron chi connectivity index (χ0n) is 13.1. The Morgan fingerprint density at radius 3 is 2.86 bits per heavy atom. The minimum atomic E-state index is 0.116. The second kappa shape index (κ2) is 8.15. The van der Waals surface area contributed by atoms with Gasteiger partial charge in [0.05, 0.1) is 6.54 Å². The van der Waals surface area contributed by atoms with E-state index in [1.165, 1.54) is 11.1 Å². The molecule has 116 valence electrons. The van der Waals surface area contributed by atoms with Crippen molar-refractivity contribution in [1.82, 2.24) is 10.2 Å². The van der Waals surface area contributed by atoms with Crippen LogP contribution in [-0.4, -0.2) is 44.2 Å². The molecule has 1 amide bonds. The molecule has 1 aromatic rings. The molecule has 0 radical (unpaired) electrons. The maximum Gasteiger partial charge on any atom is 0.234 e. The van der Waals surface area contributed by atoms with E-state index < -0.39 is 0 Å². The Hall–Kier alpha value is -1.39. The van der Waals surface area contributed by atoms with Crippen LogP contribution in [0.2, 0.25) is 0 Å². The third-order valence-corrected chi connectivity index (χ3v) is 4.02. The Balaban J connectivity index is 1.84. The highest BCUT2D eigenvalue weighted by molar-refractivity contribution is 5.78. The van der Waals surface area contributed by atoms with E-state index in [9.17, 15) is 4.79 Å². The Labute approximate surface area is 127 Å². The first-order chi connectivity index (χ1) is 10.2. The molecule has 1 fully saturated rings. The van der Waals surface area contributed by atoms with Gasteiger partial charge in [-0.1, -0.05) is 29.8 Å². The van der Waals surface area contributed by atoms with Gasteiger partial charge in [0.25, 0.3) is 0 Å². The minimum Gasteiger partial charge on any atom is -0.385 e. The van der Waals surface area contributed by atoms with Gasteiger partial charge in [-0.05, 0) is 38.3 Å². The number of likely N-dealkylation sites (tertiary alicyclic amines) is 1. The van der Waals surface area contributed by atoms with Crippen LogP contribution in [0.5, 0.6) is 0 Å². The molecule has 0 spiro atoms. The van der Waals surface area contributed by atoms with E-state index in [0.29, 0.717) is 25.7 Å². The van der Waals surface area contributed by atoms with Crippen LogP contribution in [0.25, 0.3) is 0 Å². The van der Waals surface area contributed by atoms with Crippen molar-refractivity contribution in [2.24, 2.45) is 0 Å². The summed E-state index contributed by atoms with van der Waals surface area (Å²) in [6.45, 7) is 4.98. The molecule has 0 saturated carbocycles. The predicted molar refractivity (Wildman–Crippen MR) is 84.2 cm³/mol.